The molecule has 21 heavy (non-hydrogen) atoms. The number of pyridine rings is 1. The van der Waals surface area contributed by atoms with Crippen LogP contribution in [0, 0.1) is 0 Å². The monoisotopic (exact) mass is 315 g/mol. The summed E-state index contributed by atoms with van der Waals surface area (Å²) < 4.78 is 1.20. The molecular formula is C16H17N3S2. The van der Waals surface area contributed by atoms with Gasteiger partial charge < -0.3 is 0 Å². The van der Waals surface area contributed by atoms with Crippen LogP contribution in [0.1, 0.15) is 43.0 Å². The molecule has 0 aromatic carbocycles. The average molecular weight is 315 g/mol. The Labute approximate surface area is 132 Å². The van der Waals surface area contributed by atoms with Gasteiger partial charge in [0.25, 0.3) is 0 Å². The topological polar surface area (TPSA) is 38.7 Å². The van der Waals surface area contributed by atoms with Gasteiger partial charge in [-0.25, -0.2) is 15.0 Å². The van der Waals surface area contributed by atoms with Gasteiger partial charge in [-0.1, -0.05) is 13.8 Å². The number of aryl methyl sites for hydroxylation is 1. The van der Waals surface area contributed by atoms with E-state index < -0.39 is 0 Å². The zero-order valence-corrected chi connectivity index (χ0v) is 14.1. The maximum atomic E-state index is 5.00. The highest BCUT2D eigenvalue weighted by atomic mass is 32.2. The second-order valence-corrected chi connectivity index (χ2v) is 7.60. The van der Waals surface area contributed by atoms with E-state index in [1.165, 1.54) is 46.2 Å². The fourth-order valence-electron chi connectivity index (χ4n) is 3.33. The summed E-state index contributed by atoms with van der Waals surface area (Å²) in [5.74, 6) is 0.484. The van der Waals surface area contributed by atoms with Crippen LogP contribution in [0.3, 0.4) is 0 Å². The molecule has 5 heteroatoms. The maximum Gasteiger partial charge on any atom is 0.126 e. The molecule has 0 spiro atoms. The van der Waals surface area contributed by atoms with Crippen LogP contribution in [-0.4, -0.2) is 21.2 Å². The van der Waals surface area contributed by atoms with E-state index in [4.69, 9.17) is 4.98 Å². The summed E-state index contributed by atoms with van der Waals surface area (Å²) in [5, 5.41) is 2.37. The van der Waals surface area contributed by atoms with E-state index in [0.29, 0.717) is 5.92 Å². The first kappa shape index (κ1) is 13.5. The van der Waals surface area contributed by atoms with Gasteiger partial charge in [0.2, 0.25) is 0 Å². The lowest BCUT2D eigenvalue weighted by atomic mass is 9.99. The summed E-state index contributed by atoms with van der Waals surface area (Å²) in [7, 11) is 0. The van der Waals surface area contributed by atoms with E-state index in [0.717, 1.165) is 15.4 Å². The van der Waals surface area contributed by atoms with Crippen molar-refractivity contribution in [2.75, 3.05) is 6.26 Å². The molecule has 3 heterocycles. The van der Waals surface area contributed by atoms with Crippen molar-refractivity contribution in [1.82, 2.24) is 15.0 Å². The Bertz CT molecular complexity index is 852. The largest absolute Gasteiger partial charge is 0.241 e. The fraction of sp³-hybridized carbons (Fsp3) is 0.438. The number of thioether (sulfide) groups is 1. The molecule has 0 amide bonds. The first-order valence-electron chi connectivity index (χ1n) is 7.33. The third kappa shape index (κ3) is 1.90. The van der Waals surface area contributed by atoms with E-state index in [-0.39, 0.29) is 0 Å². The second kappa shape index (κ2) is 4.92. The molecule has 0 N–H and O–H groups in total. The minimum absolute atomic E-state index is 0.484. The molecule has 0 aliphatic heterocycles. The Balaban J connectivity index is 2.17. The number of thiophene rings is 1. The lowest BCUT2D eigenvalue weighted by Crippen LogP contribution is -2.00. The first-order chi connectivity index (χ1) is 10.2. The Kier molecular flexibility index (Phi) is 3.15. The zero-order valence-electron chi connectivity index (χ0n) is 12.4. The van der Waals surface area contributed by atoms with E-state index in [1.54, 1.807) is 29.4 Å². The summed E-state index contributed by atoms with van der Waals surface area (Å²) in [4.78, 5) is 15.1. The Morgan fingerprint density at radius 1 is 1.19 bits per heavy atom. The van der Waals surface area contributed by atoms with Crippen molar-refractivity contribution in [3.8, 4) is 0 Å². The van der Waals surface area contributed by atoms with Gasteiger partial charge >= 0.3 is 0 Å². The zero-order chi connectivity index (χ0) is 14.6. The number of nitrogens with zero attached hydrogens (tertiary/aromatic N) is 3. The number of fused-ring (bicyclic) bond motifs is 5. The normalized spacial score (nSPS) is 14.5. The number of hydrogen-bond donors (Lipinski definition) is 0. The lowest BCUT2D eigenvalue weighted by Gasteiger charge is -2.11. The highest BCUT2D eigenvalue weighted by Gasteiger charge is 2.24. The molecule has 0 fully saturated rings. The van der Waals surface area contributed by atoms with Crippen LogP contribution in [0.5, 0.6) is 0 Å². The predicted molar refractivity (Wildman–Crippen MR) is 90.6 cm³/mol. The molecule has 0 saturated carbocycles. The maximum absolute atomic E-state index is 5.00. The smallest absolute Gasteiger partial charge is 0.126 e. The highest BCUT2D eigenvalue weighted by molar-refractivity contribution is 7.98. The van der Waals surface area contributed by atoms with E-state index in [9.17, 15) is 0 Å². The fourth-order valence-corrected chi connectivity index (χ4v) is 5.19. The average Bonchev–Trinajstić information content (AvgIpc) is 3.08. The van der Waals surface area contributed by atoms with Crippen LogP contribution in [0.2, 0.25) is 0 Å². The Hall–Kier alpha value is -1.20. The van der Waals surface area contributed by atoms with Gasteiger partial charge in [0, 0.05) is 11.1 Å². The van der Waals surface area contributed by atoms with Crippen LogP contribution in [0.4, 0.5) is 0 Å². The summed E-state index contributed by atoms with van der Waals surface area (Å²) in [6.07, 6.45) is 7.34. The van der Waals surface area contributed by atoms with Gasteiger partial charge in [-0.2, -0.15) is 0 Å². The van der Waals surface area contributed by atoms with E-state index in [2.05, 4.69) is 30.1 Å². The van der Waals surface area contributed by atoms with Crippen LogP contribution < -0.4 is 0 Å². The third-order valence-corrected chi connectivity index (χ3v) is 6.12. The molecule has 1 aliphatic carbocycles. The van der Waals surface area contributed by atoms with Crippen LogP contribution in [0.25, 0.3) is 20.4 Å². The van der Waals surface area contributed by atoms with Crippen LogP contribution in [0.15, 0.2) is 11.4 Å². The summed E-state index contributed by atoms with van der Waals surface area (Å²) in [6, 6.07) is 0. The van der Waals surface area contributed by atoms with Gasteiger partial charge in [0.1, 0.15) is 16.2 Å². The molecule has 3 aromatic heterocycles. The number of aromatic nitrogens is 3. The van der Waals surface area contributed by atoms with Gasteiger partial charge in [0.05, 0.1) is 10.2 Å². The molecule has 0 saturated heterocycles. The quantitative estimate of drug-likeness (QED) is 0.513. The van der Waals surface area contributed by atoms with Gasteiger partial charge in [-0.05, 0) is 42.6 Å². The third-order valence-electron chi connectivity index (χ3n) is 4.21. The van der Waals surface area contributed by atoms with Gasteiger partial charge in [-0.15, -0.1) is 23.1 Å². The summed E-state index contributed by atoms with van der Waals surface area (Å²) >= 11 is 3.44. The van der Waals surface area contributed by atoms with Crippen molar-refractivity contribution in [2.24, 2.45) is 0 Å². The molecule has 0 bridgehead atoms. The highest BCUT2D eigenvalue weighted by Crippen LogP contribution is 2.42. The standard InChI is InChI=1S/C16H17N3S2/c1-8(2)12-10-6-4-5-9(10)11-13-14(21-15(11)19-12)16(20-3)18-7-17-13/h7-8H,4-6H2,1-3H3. The van der Waals surface area contributed by atoms with Crippen LogP contribution >= 0.6 is 23.1 Å². The van der Waals surface area contributed by atoms with Gasteiger partial charge in [-0.3, -0.25) is 0 Å². The summed E-state index contributed by atoms with van der Waals surface area (Å²) in [5.41, 5.74) is 5.39. The second-order valence-electron chi connectivity index (χ2n) is 5.81. The SMILES string of the molecule is CSc1ncnc2c1sc1nc(C(C)C)c3c(c12)CCC3. The van der Waals surface area contributed by atoms with Crippen molar-refractivity contribution >= 4 is 43.5 Å². The van der Waals surface area contributed by atoms with Gasteiger partial charge in [0.15, 0.2) is 0 Å². The molecule has 1 aliphatic rings. The molecular weight excluding hydrogens is 298 g/mol. The molecule has 3 aromatic rings. The predicted octanol–water partition coefficient (Wildman–Crippen LogP) is 4.57. The minimum atomic E-state index is 0.484. The minimum Gasteiger partial charge on any atom is -0.241 e. The molecule has 0 unspecified atom stereocenters. The van der Waals surface area contributed by atoms with E-state index in [1.807, 2.05) is 0 Å². The lowest BCUT2D eigenvalue weighted by molar-refractivity contribution is 0.805. The molecule has 0 atom stereocenters. The first-order valence-corrected chi connectivity index (χ1v) is 9.37. The van der Waals surface area contributed by atoms with Crippen LogP contribution in [-0.2, 0) is 12.8 Å². The van der Waals surface area contributed by atoms with E-state index >= 15 is 0 Å². The molecule has 4 rings (SSSR count). The summed E-state index contributed by atoms with van der Waals surface area (Å²) in [6.45, 7) is 4.49. The Morgan fingerprint density at radius 3 is 2.76 bits per heavy atom. The molecule has 3 nitrogen and oxygen atoms in total. The van der Waals surface area contributed by atoms with Crippen molar-refractivity contribution in [2.45, 2.75) is 44.1 Å². The molecule has 0 radical (unpaired) electrons. The van der Waals surface area contributed by atoms with Crippen molar-refractivity contribution in [3.05, 3.63) is 23.1 Å². The van der Waals surface area contributed by atoms with Crippen molar-refractivity contribution in [3.63, 3.8) is 0 Å². The number of hydrogen-bond acceptors (Lipinski definition) is 5. The van der Waals surface area contributed by atoms with Crippen molar-refractivity contribution < 1.29 is 0 Å². The number of rotatable bonds is 2. The van der Waals surface area contributed by atoms with Crippen molar-refractivity contribution in [1.29, 1.82) is 0 Å². The Morgan fingerprint density at radius 2 is 2.00 bits per heavy atom. The molecule has 108 valence electrons.